The van der Waals surface area contributed by atoms with Crippen molar-refractivity contribution < 1.29 is 9.47 Å². The third-order valence-electron chi connectivity index (χ3n) is 2.54. The minimum Gasteiger partial charge on any atom is -0.497 e. The van der Waals surface area contributed by atoms with Gasteiger partial charge in [-0.05, 0) is 41.4 Å². The lowest BCUT2D eigenvalue weighted by Crippen LogP contribution is -1.95. The van der Waals surface area contributed by atoms with Gasteiger partial charge >= 0.3 is 0 Å². The molecule has 0 aliphatic carbocycles. The Balaban J connectivity index is 2.01. The smallest absolute Gasteiger partial charge is 0.120 e. The maximum absolute atomic E-state index is 8.38. The van der Waals surface area contributed by atoms with E-state index in [1.165, 1.54) is 0 Å². The van der Waals surface area contributed by atoms with Crippen LogP contribution in [-0.4, -0.2) is 7.11 Å². The molecule has 0 aliphatic heterocycles. The van der Waals surface area contributed by atoms with Gasteiger partial charge in [0.05, 0.1) is 7.11 Å². The molecule has 0 saturated carbocycles. The number of hydrogen-bond donors (Lipinski definition) is 0. The standard InChI is InChI=1S/C14H13N3O2/c1-18-13-5-7-14(8-6-13)19-10-11-3-2-4-12(9-11)16-17-15/h2-9H,10H2,1H3. The van der Waals surface area contributed by atoms with Gasteiger partial charge in [-0.3, -0.25) is 0 Å². The van der Waals surface area contributed by atoms with E-state index in [1.807, 2.05) is 36.4 Å². The normalized spacial score (nSPS) is 9.53. The molecule has 0 amide bonds. The first-order valence-electron chi connectivity index (χ1n) is 5.73. The summed E-state index contributed by atoms with van der Waals surface area (Å²) in [6.07, 6.45) is 0. The van der Waals surface area contributed by atoms with E-state index in [0.717, 1.165) is 17.1 Å². The Morgan fingerprint density at radius 1 is 1.11 bits per heavy atom. The number of nitrogens with zero attached hydrogens (tertiary/aromatic N) is 3. The lowest BCUT2D eigenvalue weighted by Gasteiger charge is -2.07. The van der Waals surface area contributed by atoms with Crippen molar-refractivity contribution in [3.05, 3.63) is 64.5 Å². The second-order valence-electron chi connectivity index (χ2n) is 3.82. The summed E-state index contributed by atoms with van der Waals surface area (Å²) < 4.78 is 10.7. The van der Waals surface area contributed by atoms with Gasteiger partial charge in [0.15, 0.2) is 0 Å². The molecule has 0 fully saturated rings. The molecule has 0 N–H and O–H groups in total. The van der Waals surface area contributed by atoms with Crippen LogP contribution in [0, 0.1) is 0 Å². The Hall–Kier alpha value is -2.65. The van der Waals surface area contributed by atoms with E-state index in [-0.39, 0.29) is 0 Å². The van der Waals surface area contributed by atoms with Crippen LogP contribution in [0.4, 0.5) is 5.69 Å². The van der Waals surface area contributed by atoms with Crippen molar-refractivity contribution in [3.8, 4) is 11.5 Å². The fourth-order valence-electron chi connectivity index (χ4n) is 1.60. The van der Waals surface area contributed by atoms with E-state index in [1.54, 1.807) is 19.2 Å². The predicted octanol–water partition coefficient (Wildman–Crippen LogP) is 4.22. The van der Waals surface area contributed by atoms with Crippen LogP contribution in [0.1, 0.15) is 5.56 Å². The van der Waals surface area contributed by atoms with E-state index in [9.17, 15) is 0 Å². The average molecular weight is 255 g/mol. The molecule has 0 saturated heterocycles. The number of ether oxygens (including phenoxy) is 2. The van der Waals surface area contributed by atoms with Gasteiger partial charge in [0.2, 0.25) is 0 Å². The van der Waals surface area contributed by atoms with E-state index in [4.69, 9.17) is 15.0 Å². The number of methoxy groups -OCH3 is 1. The molecule has 2 aromatic carbocycles. The van der Waals surface area contributed by atoms with Crippen molar-refractivity contribution in [1.29, 1.82) is 0 Å². The Morgan fingerprint density at radius 3 is 2.53 bits per heavy atom. The van der Waals surface area contributed by atoms with Gasteiger partial charge in [-0.15, -0.1) is 0 Å². The molecule has 0 aliphatic rings. The second-order valence-corrected chi connectivity index (χ2v) is 3.82. The molecule has 96 valence electrons. The summed E-state index contributed by atoms with van der Waals surface area (Å²) >= 11 is 0. The van der Waals surface area contributed by atoms with Crippen LogP contribution in [-0.2, 0) is 6.61 Å². The van der Waals surface area contributed by atoms with Crippen LogP contribution < -0.4 is 9.47 Å². The van der Waals surface area contributed by atoms with E-state index in [2.05, 4.69) is 10.0 Å². The van der Waals surface area contributed by atoms with Gasteiger partial charge in [0, 0.05) is 10.6 Å². The summed E-state index contributed by atoms with van der Waals surface area (Å²) in [4.78, 5) is 2.75. The third kappa shape index (κ3) is 3.66. The van der Waals surface area contributed by atoms with Gasteiger partial charge in [-0.2, -0.15) is 0 Å². The molecular weight excluding hydrogens is 242 g/mol. The van der Waals surface area contributed by atoms with Crippen molar-refractivity contribution in [1.82, 2.24) is 0 Å². The molecule has 0 bridgehead atoms. The first kappa shape index (κ1) is 12.8. The lowest BCUT2D eigenvalue weighted by molar-refractivity contribution is 0.305. The monoisotopic (exact) mass is 255 g/mol. The Bertz CT molecular complexity index is 590. The number of benzene rings is 2. The van der Waals surface area contributed by atoms with Crippen LogP contribution in [0.25, 0.3) is 10.4 Å². The van der Waals surface area contributed by atoms with Crippen molar-refractivity contribution >= 4 is 5.69 Å². The van der Waals surface area contributed by atoms with Crippen LogP contribution in [0.5, 0.6) is 11.5 Å². The lowest BCUT2D eigenvalue weighted by atomic mass is 10.2. The van der Waals surface area contributed by atoms with Gasteiger partial charge in [-0.1, -0.05) is 23.3 Å². The molecule has 0 heterocycles. The molecule has 0 atom stereocenters. The number of hydrogen-bond acceptors (Lipinski definition) is 3. The van der Waals surface area contributed by atoms with Crippen molar-refractivity contribution in [2.24, 2.45) is 5.11 Å². The molecule has 2 rings (SSSR count). The molecule has 19 heavy (non-hydrogen) atoms. The van der Waals surface area contributed by atoms with Crippen molar-refractivity contribution in [2.75, 3.05) is 7.11 Å². The first-order chi connectivity index (χ1) is 9.31. The summed E-state index contributed by atoms with van der Waals surface area (Å²) in [5.74, 6) is 1.55. The fraction of sp³-hybridized carbons (Fsp3) is 0.143. The molecule has 5 nitrogen and oxygen atoms in total. The van der Waals surface area contributed by atoms with Gasteiger partial charge in [-0.25, -0.2) is 0 Å². The highest BCUT2D eigenvalue weighted by Gasteiger charge is 1.98. The molecule has 0 unspecified atom stereocenters. The molecule has 0 spiro atoms. The summed E-state index contributed by atoms with van der Waals surface area (Å²) in [5.41, 5.74) is 9.91. The van der Waals surface area contributed by atoms with Gasteiger partial charge in [0.25, 0.3) is 0 Å². The van der Waals surface area contributed by atoms with Crippen LogP contribution >= 0.6 is 0 Å². The van der Waals surface area contributed by atoms with E-state index < -0.39 is 0 Å². The van der Waals surface area contributed by atoms with Crippen LogP contribution in [0.2, 0.25) is 0 Å². The zero-order valence-corrected chi connectivity index (χ0v) is 10.5. The van der Waals surface area contributed by atoms with Crippen LogP contribution in [0.3, 0.4) is 0 Å². The molecular formula is C14H13N3O2. The van der Waals surface area contributed by atoms with Crippen molar-refractivity contribution in [3.63, 3.8) is 0 Å². The van der Waals surface area contributed by atoms with Gasteiger partial charge < -0.3 is 9.47 Å². The molecule has 2 aromatic rings. The maximum atomic E-state index is 8.38. The topological polar surface area (TPSA) is 67.2 Å². The minimum absolute atomic E-state index is 0.418. The largest absolute Gasteiger partial charge is 0.497 e. The van der Waals surface area contributed by atoms with E-state index in [0.29, 0.717) is 12.3 Å². The van der Waals surface area contributed by atoms with Crippen molar-refractivity contribution in [2.45, 2.75) is 6.61 Å². The zero-order valence-electron chi connectivity index (χ0n) is 10.5. The number of azide groups is 1. The predicted molar refractivity (Wildman–Crippen MR) is 72.6 cm³/mol. The summed E-state index contributed by atoms with van der Waals surface area (Å²) in [7, 11) is 1.62. The summed E-state index contributed by atoms with van der Waals surface area (Å²) in [6, 6.07) is 14.7. The number of rotatable bonds is 5. The van der Waals surface area contributed by atoms with E-state index >= 15 is 0 Å². The Labute approximate surface area is 111 Å². The van der Waals surface area contributed by atoms with Gasteiger partial charge in [0.1, 0.15) is 18.1 Å². The molecule has 0 aromatic heterocycles. The molecule has 0 radical (unpaired) electrons. The second kappa shape index (κ2) is 6.33. The average Bonchev–Trinajstić information content (AvgIpc) is 2.46. The minimum atomic E-state index is 0.418. The zero-order chi connectivity index (χ0) is 13.5. The fourth-order valence-corrected chi connectivity index (χ4v) is 1.60. The van der Waals surface area contributed by atoms with Crippen LogP contribution in [0.15, 0.2) is 53.6 Å². The highest BCUT2D eigenvalue weighted by Crippen LogP contribution is 2.19. The SMILES string of the molecule is COc1ccc(OCc2cccc(N=[N+]=[N-])c2)cc1. The molecule has 5 heteroatoms. The highest BCUT2D eigenvalue weighted by atomic mass is 16.5. The quantitative estimate of drug-likeness (QED) is 0.456. The Kier molecular flexibility index (Phi) is 4.26. The third-order valence-corrected chi connectivity index (χ3v) is 2.54. The first-order valence-corrected chi connectivity index (χ1v) is 5.73. The Morgan fingerprint density at radius 2 is 1.84 bits per heavy atom. The summed E-state index contributed by atoms with van der Waals surface area (Å²) in [6.45, 7) is 0.418. The highest BCUT2D eigenvalue weighted by molar-refractivity contribution is 5.40. The maximum Gasteiger partial charge on any atom is 0.120 e. The summed E-state index contributed by atoms with van der Waals surface area (Å²) in [5, 5.41) is 3.55.